The van der Waals surface area contributed by atoms with Gasteiger partial charge >= 0.3 is 0 Å². The Bertz CT molecular complexity index is 1110. The molecular weight excluding hydrogens is 444 g/mol. The van der Waals surface area contributed by atoms with Crippen LogP contribution in [0.1, 0.15) is 25.3 Å². The minimum Gasteiger partial charge on any atom is -0.379 e. The minimum atomic E-state index is -2.15. The molecule has 0 amide bonds. The van der Waals surface area contributed by atoms with Crippen LogP contribution in [0, 0.1) is 0 Å². The highest BCUT2D eigenvalue weighted by atomic mass is 28.3. The fourth-order valence-corrected chi connectivity index (χ4v) is 11.6. The van der Waals surface area contributed by atoms with Crippen LogP contribution in [0.15, 0.2) is 78.0 Å². The molecule has 0 radical (unpaired) electrons. The average Bonchev–Trinajstić information content (AvgIpc) is 3.58. The van der Waals surface area contributed by atoms with Gasteiger partial charge in [0.2, 0.25) is 0 Å². The smallest absolute Gasteiger partial charge is 0.186 e. The number of hydrogen-bond donors (Lipinski definition) is 0. The molecule has 1 aliphatic carbocycles. The van der Waals surface area contributed by atoms with E-state index in [2.05, 4.69) is 72.8 Å². The van der Waals surface area contributed by atoms with Crippen molar-refractivity contribution in [2.75, 3.05) is 20.3 Å². The van der Waals surface area contributed by atoms with E-state index in [0.717, 1.165) is 6.04 Å². The van der Waals surface area contributed by atoms with Crippen LogP contribution in [0.2, 0.25) is 6.04 Å². The van der Waals surface area contributed by atoms with Gasteiger partial charge in [0, 0.05) is 19.6 Å². The van der Waals surface area contributed by atoms with Crippen LogP contribution >= 0.6 is 0 Å². The maximum atomic E-state index is 6.33. The number of benzene rings is 2. The van der Waals surface area contributed by atoms with Crippen LogP contribution in [-0.2, 0) is 23.7 Å². The first kappa shape index (κ1) is 22.4. The summed E-state index contributed by atoms with van der Waals surface area (Å²) in [5.41, 5.74) is 1.46. The van der Waals surface area contributed by atoms with Gasteiger partial charge in [-0.3, -0.25) is 0 Å². The fourth-order valence-electron chi connectivity index (χ4n) is 6.33. The third-order valence-electron chi connectivity index (χ3n) is 7.67. The van der Waals surface area contributed by atoms with Gasteiger partial charge in [0.15, 0.2) is 12.1 Å². The first-order chi connectivity index (χ1) is 16.5. The molecule has 6 heteroatoms. The summed E-state index contributed by atoms with van der Waals surface area (Å²) in [6.45, 7) is 4.99. The van der Waals surface area contributed by atoms with Crippen LogP contribution < -0.4 is 10.4 Å². The summed E-state index contributed by atoms with van der Waals surface area (Å²) in [7, 11) is -0.509. The van der Waals surface area contributed by atoms with E-state index in [1.54, 1.807) is 12.3 Å². The van der Waals surface area contributed by atoms with Crippen molar-refractivity contribution >= 4 is 18.4 Å². The zero-order valence-corrected chi connectivity index (χ0v) is 21.0. The van der Waals surface area contributed by atoms with Gasteiger partial charge in [0.05, 0.1) is 6.61 Å². The lowest BCUT2D eigenvalue weighted by atomic mass is 10.0. The molecule has 3 aliphatic heterocycles. The van der Waals surface area contributed by atoms with E-state index in [-0.39, 0.29) is 18.3 Å². The average molecular weight is 477 g/mol. The summed E-state index contributed by atoms with van der Waals surface area (Å²) in [5.74, 6) is -0.237. The fraction of sp³-hybridized carbons (Fsp3) is 0.429. The van der Waals surface area contributed by atoms with E-state index in [1.165, 1.54) is 15.9 Å². The second kappa shape index (κ2) is 8.55. The van der Waals surface area contributed by atoms with Crippen LogP contribution in [0.3, 0.4) is 0 Å². The molecule has 0 saturated carbocycles. The lowest BCUT2D eigenvalue weighted by Gasteiger charge is -2.31. The topological polar surface area (TPSA) is 46.2 Å². The molecule has 5 nitrogen and oxygen atoms in total. The standard InChI is InChI=1S/C28H32O5Si/c1-28(2)32-25-22(31-27(29-3)26(25)33-28)18-30-16-17-34(19-10-5-4-6-11-19)23-14-8-7-12-20(23)21-13-9-15-24(21)34/h4-15,21-22,25-27H,16-18H2,1-3H3/t21?,22-,25-,26-,27-,34-/m1/s1. The summed E-state index contributed by atoms with van der Waals surface area (Å²) in [6, 6.07) is 21.1. The molecule has 3 heterocycles. The van der Waals surface area contributed by atoms with Gasteiger partial charge in [-0.25, -0.2) is 0 Å². The molecule has 0 N–H and O–H groups in total. The number of rotatable bonds is 7. The molecular formula is C28H32O5Si. The highest BCUT2D eigenvalue weighted by molar-refractivity contribution is 7.09. The predicted octanol–water partition coefficient (Wildman–Crippen LogP) is 3.29. The second-order valence-electron chi connectivity index (χ2n) is 10.0. The van der Waals surface area contributed by atoms with E-state index >= 15 is 0 Å². The lowest BCUT2D eigenvalue weighted by molar-refractivity contribution is -0.231. The minimum absolute atomic E-state index is 0.182. The summed E-state index contributed by atoms with van der Waals surface area (Å²) in [6.07, 6.45) is 5.91. The molecule has 6 atom stereocenters. The van der Waals surface area contributed by atoms with E-state index in [1.807, 2.05) is 13.8 Å². The Kier molecular flexibility index (Phi) is 5.64. The molecule has 2 saturated heterocycles. The molecule has 0 spiro atoms. The van der Waals surface area contributed by atoms with Gasteiger partial charge in [-0.05, 0) is 35.8 Å². The number of methoxy groups -OCH3 is 1. The van der Waals surface area contributed by atoms with E-state index in [4.69, 9.17) is 23.7 Å². The van der Waals surface area contributed by atoms with Gasteiger partial charge in [0.25, 0.3) is 0 Å². The predicted molar refractivity (Wildman–Crippen MR) is 133 cm³/mol. The largest absolute Gasteiger partial charge is 0.379 e. The van der Waals surface area contributed by atoms with Crippen LogP contribution in [0.25, 0.3) is 0 Å². The first-order valence-electron chi connectivity index (χ1n) is 12.2. The molecule has 178 valence electrons. The second-order valence-corrected chi connectivity index (χ2v) is 14.0. The summed E-state index contributed by atoms with van der Waals surface area (Å²) >= 11 is 0. The summed E-state index contributed by atoms with van der Waals surface area (Å²) < 4.78 is 30.1. The van der Waals surface area contributed by atoms with E-state index in [9.17, 15) is 0 Å². The molecule has 0 aromatic heterocycles. The highest BCUT2D eigenvalue weighted by Crippen LogP contribution is 2.44. The molecule has 0 bridgehead atoms. The molecule has 2 fully saturated rings. The van der Waals surface area contributed by atoms with Gasteiger partial charge in [-0.1, -0.05) is 78.0 Å². The normalized spacial score (nSPS) is 34.7. The van der Waals surface area contributed by atoms with Crippen molar-refractivity contribution in [1.82, 2.24) is 0 Å². The lowest BCUT2D eigenvalue weighted by Crippen LogP contribution is -2.58. The highest BCUT2D eigenvalue weighted by Gasteiger charge is 2.56. The first-order valence-corrected chi connectivity index (χ1v) is 14.4. The Morgan fingerprint density at radius 1 is 0.971 bits per heavy atom. The Hall–Kier alpha value is -2.06. The van der Waals surface area contributed by atoms with Crippen molar-refractivity contribution in [2.24, 2.45) is 0 Å². The van der Waals surface area contributed by atoms with Gasteiger partial charge in [-0.2, -0.15) is 0 Å². The number of ether oxygens (including phenoxy) is 5. The van der Waals surface area contributed by atoms with Crippen molar-refractivity contribution in [1.29, 1.82) is 0 Å². The van der Waals surface area contributed by atoms with E-state index in [0.29, 0.717) is 19.1 Å². The number of allylic oxidation sites excluding steroid dienone is 4. The monoisotopic (exact) mass is 476 g/mol. The zero-order chi connectivity index (χ0) is 23.3. The van der Waals surface area contributed by atoms with Crippen molar-refractivity contribution in [3.8, 4) is 0 Å². The van der Waals surface area contributed by atoms with Gasteiger partial charge in [0.1, 0.15) is 26.4 Å². The molecule has 34 heavy (non-hydrogen) atoms. The Morgan fingerprint density at radius 3 is 2.56 bits per heavy atom. The number of fused-ring (bicyclic) bond motifs is 4. The summed E-state index contributed by atoms with van der Waals surface area (Å²) in [5, 5.41) is 4.56. The molecule has 2 aromatic rings. The van der Waals surface area contributed by atoms with Crippen molar-refractivity contribution in [3.63, 3.8) is 0 Å². The Balaban J connectivity index is 1.22. The maximum Gasteiger partial charge on any atom is 0.186 e. The van der Waals surface area contributed by atoms with Crippen LogP contribution in [0.4, 0.5) is 0 Å². The molecule has 2 aromatic carbocycles. The Morgan fingerprint density at radius 2 is 1.74 bits per heavy atom. The van der Waals surface area contributed by atoms with Gasteiger partial charge < -0.3 is 23.7 Å². The van der Waals surface area contributed by atoms with Crippen LogP contribution in [-0.4, -0.2) is 58.8 Å². The molecule has 6 rings (SSSR count). The number of hydrogen-bond acceptors (Lipinski definition) is 5. The molecule has 1 unspecified atom stereocenters. The third kappa shape index (κ3) is 3.47. The molecule has 4 aliphatic rings. The Labute approximate surface area is 202 Å². The van der Waals surface area contributed by atoms with Gasteiger partial charge in [-0.15, -0.1) is 0 Å². The van der Waals surface area contributed by atoms with E-state index < -0.39 is 20.2 Å². The maximum absolute atomic E-state index is 6.33. The summed E-state index contributed by atoms with van der Waals surface area (Å²) in [4.78, 5) is 0. The SMILES string of the molecule is CO[C@@H]1O[C@H](COCC[Si@]2(c3ccccc3)C3=CC=CC3c3ccccc32)[C@H]2OC(C)(C)O[C@@H]12. The third-order valence-corrected chi connectivity index (χ3v) is 12.8. The zero-order valence-electron chi connectivity index (χ0n) is 20.0. The van der Waals surface area contributed by atoms with Crippen molar-refractivity contribution in [2.45, 2.75) is 56.2 Å². The van der Waals surface area contributed by atoms with Crippen molar-refractivity contribution < 1.29 is 23.7 Å². The van der Waals surface area contributed by atoms with Crippen LogP contribution in [0.5, 0.6) is 0 Å². The van der Waals surface area contributed by atoms with Crippen molar-refractivity contribution in [3.05, 3.63) is 83.6 Å². The quantitative estimate of drug-likeness (QED) is 0.453.